The molecular weight excluding hydrogens is 839 g/mol. The van der Waals surface area contributed by atoms with Gasteiger partial charge in [-0.2, -0.15) is 0 Å². The van der Waals surface area contributed by atoms with Gasteiger partial charge in [0.2, 0.25) is 11.8 Å². The van der Waals surface area contributed by atoms with Crippen LogP contribution in [0.25, 0.3) is 0 Å². The minimum Gasteiger partial charge on any atom is -0.462 e. The number of aliphatic hydroxyl groups is 2. The summed E-state index contributed by atoms with van der Waals surface area (Å²) in [6.45, 7) is 6.78. The van der Waals surface area contributed by atoms with E-state index in [0.717, 1.165) is 74.6 Å². The zero-order valence-electron chi connectivity index (χ0n) is 40.0. The molecule has 4 amide bonds. The number of ketones is 2. The van der Waals surface area contributed by atoms with E-state index in [1.807, 2.05) is 39.0 Å². The van der Waals surface area contributed by atoms with Crippen molar-refractivity contribution in [1.82, 2.24) is 15.5 Å². The lowest BCUT2D eigenvalue weighted by Crippen LogP contribution is -2.54. The molecule has 2 aromatic rings. The van der Waals surface area contributed by atoms with E-state index in [4.69, 9.17) is 10.5 Å². The number of ether oxygens (including phenoxy) is 1. The first-order valence-corrected chi connectivity index (χ1v) is 24.8. The van der Waals surface area contributed by atoms with Gasteiger partial charge in [0.25, 0.3) is 0 Å². The molecule has 0 aromatic heterocycles. The molecular formula is C52H79N5O9. The fraction of sp³-hybridized carbons (Fsp3) is 0.654. The van der Waals surface area contributed by atoms with Crippen molar-refractivity contribution in [3.8, 4) is 0 Å². The molecule has 14 nitrogen and oxygen atoms in total. The number of hydrogen-bond donors (Lipinski definition) is 6. The number of piperidine rings is 2. The van der Waals surface area contributed by atoms with Crippen molar-refractivity contribution < 1.29 is 43.7 Å². The summed E-state index contributed by atoms with van der Waals surface area (Å²) in [5, 5.41) is 27.2. The predicted octanol–water partition coefficient (Wildman–Crippen LogP) is 7.50. The Labute approximate surface area is 392 Å². The van der Waals surface area contributed by atoms with Crippen LogP contribution >= 0.6 is 0 Å². The van der Waals surface area contributed by atoms with Crippen LogP contribution in [0.4, 0.5) is 10.5 Å². The van der Waals surface area contributed by atoms with Crippen molar-refractivity contribution >= 4 is 41.1 Å². The Balaban J connectivity index is 1.05. The minimum atomic E-state index is -0.823. The molecule has 4 atom stereocenters. The molecule has 2 aromatic carbocycles. The summed E-state index contributed by atoms with van der Waals surface area (Å²) in [6.07, 6.45) is 16.7. The number of hydrogen-bond acceptors (Lipinski definition) is 10. The third-order valence-electron chi connectivity index (χ3n) is 13.3. The average molecular weight is 918 g/mol. The highest BCUT2D eigenvalue weighted by Crippen LogP contribution is 2.36. The van der Waals surface area contributed by atoms with Crippen molar-refractivity contribution in [2.24, 2.45) is 17.6 Å². The molecule has 0 saturated carbocycles. The molecule has 2 aliphatic rings. The summed E-state index contributed by atoms with van der Waals surface area (Å²) in [7, 11) is 0. The third-order valence-corrected chi connectivity index (χ3v) is 13.3. The monoisotopic (exact) mass is 918 g/mol. The van der Waals surface area contributed by atoms with Crippen LogP contribution in [0.3, 0.4) is 0 Å². The molecule has 366 valence electrons. The lowest BCUT2D eigenvalue weighted by Gasteiger charge is -2.48. The summed E-state index contributed by atoms with van der Waals surface area (Å²) in [5.74, 6) is -2.15. The standard InChI is InChI=1S/C52H79N5O9/c1-36(2)50(47(61)30-39(15-14-27-54-52(53)65)51(64)55-42-23-20-38(34-58)21-24-42)56-48(62)26-25-45(60)18-11-9-7-5-4-6-8-10-12-28-57-43-16-13-17-44(57)33-46(32-43)66-49(63)31-41-29-37(3)19-22-40(41)35-59/h19-24,29,36,39,43-44,46,50,58-59H,4-18,25-28,30-35H2,1-3H3,(H,55,64)(H,56,62)(H3,53,54,65)/t39-,43?,44?,46?,50+/m1/s1. The summed E-state index contributed by atoms with van der Waals surface area (Å²) in [6, 6.07) is 12.0. The van der Waals surface area contributed by atoms with Crippen molar-refractivity contribution in [1.29, 1.82) is 0 Å². The van der Waals surface area contributed by atoms with E-state index < -0.39 is 18.0 Å². The van der Waals surface area contributed by atoms with E-state index in [1.165, 1.54) is 38.5 Å². The third kappa shape index (κ3) is 19.3. The number of nitrogens with two attached hydrogens (primary N) is 1. The number of anilines is 1. The first kappa shape index (κ1) is 54.0. The summed E-state index contributed by atoms with van der Waals surface area (Å²) in [4.78, 5) is 79.2. The number of aryl methyl sites for hydroxylation is 1. The molecule has 0 radical (unpaired) electrons. The van der Waals surface area contributed by atoms with Crippen LogP contribution in [0.15, 0.2) is 42.5 Å². The van der Waals surface area contributed by atoms with Crippen LogP contribution in [-0.2, 0) is 48.3 Å². The van der Waals surface area contributed by atoms with E-state index in [1.54, 1.807) is 24.3 Å². The highest BCUT2D eigenvalue weighted by atomic mass is 16.5. The lowest BCUT2D eigenvalue weighted by atomic mass is 9.82. The van der Waals surface area contributed by atoms with Crippen LogP contribution < -0.4 is 21.7 Å². The van der Waals surface area contributed by atoms with Crippen molar-refractivity contribution in [2.45, 2.75) is 193 Å². The van der Waals surface area contributed by atoms with Gasteiger partial charge in [0.05, 0.1) is 25.7 Å². The minimum absolute atomic E-state index is 0.000763. The Hall–Kier alpha value is -4.66. The number of Topliss-reactive ketones (excluding diaryl/α,β-unsaturated/α-hetero) is 2. The number of unbranched alkanes of at least 4 members (excludes halogenated alkanes) is 8. The topological polar surface area (TPSA) is 217 Å². The van der Waals surface area contributed by atoms with E-state index in [2.05, 4.69) is 20.9 Å². The van der Waals surface area contributed by atoms with E-state index in [9.17, 15) is 39.0 Å². The number of carbonyl (C=O) groups is 6. The number of esters is 1. The fourth-order valence-corrected chi connectivity index (χ4v) is 9.64. The maximum absolute atomic E-state index is 13.6. The van der Waals surface area contributed by atoms with Gasteiger partial charge in [0.15, 0.2) is 5.78 Å². The predicted molar refractivity (Wildman–Crippen MR) is 256 cm³/mol. The fourth-order valence-electron chi connectivity index (χ4n) is 9.64. The van der Waals surface area contributed by atoms with Gasteiger partial charge in [-0.05, 0) is 86.7 Å². The van der Waals surface area contributed by atoms with Crippen molar-refractivity contribution in [3.05, 3.63) is 64.7 Å². The number of carbonyl (C=O) groups excluding carboxylic acids is 6. The first-order chi connectivity index (χ1) is 31.8. The second-order valence-corrected chi connectivity index (χ2v) is 19.1. The molecule has 0 aliphatic carbocycles. The van der Waals surface area contributed by atoms with Gasteiger partial charge < -0.3 is 36.6 Å². The Kier molecular flexibility index (Phi) is 23.8. The second-order valence-electron chi connectivity index (χ2n) is 19.1. The highest BCUT2D eigenvalue weighted by Gasteiger charge is 2.39. The summed E-state index contributed by atoms with van der Waals surface area (Å²) < 4.78 is 6.01. The lowest BCUT2D eigenvalue weighted by molar-refractivity contribution is -0.154. The number of urea groups is 1. The van der Waals surface area contributed by atoms with Gasteiger partial charge in [-0.25, -0.2) is 4.79 Å². The van der Waals surface area contributed by atoms with Gasteiger partial charge in [-0.1, -0.05) is 101 Å². The quantitative estimate of drug-likeness (QED) is 0.0323. The number of aliphatic hydroxyl groups excluding tert-OH is 2. The van der Waals surface area contributed by atoms with Crippen molar-refractivity contribution in [2.75, 3.05) is 18.4 Å². The molecule has 0 spiro atoms. The molecule has 2 saturated heterocycles. The largest absolute Gasteiger partial charge is 0.462 e. The van der Waals surface area contributed by atoms with Gasteiger partial charge in [-0.15, -0.1) is 0 Å². The summed E-state index contributed by atoms with van der Waals surface area (Å²) >= 11 is 0. The number of amides is 4. The van der Waals surface area contributed by atoms with E-state index in [-0.39, 0.29) is 86.8 Å². The number of fused-ring (bicyclic) bond motifs is 2. The van der Waals surface area contributed by atoms with E-state index >= 15 is 0 Å². The SMILES string of the molecule is Cc1ccc(CO)c(CC(=O)OC2CC3CCCC(C2)N3CCCCCCCCCCCC(=O)CCC(=O)N[C@H](C(=O)C[C@@H](CCCNC(N)=O)C(=O)Nc2ccc(CO)cc2)C(C)C)c1. The molecule has 66 heavy (non-hydrogen) atoms. The van der Waals surface area contributed by atoms with Gasteiger partial charge in [-0.3, -0.25) is 28.9 Å². The number of nitrogens with zero attached hydrogens (tertiary/aromatic N) is 1. The number of rotatable bonds is 31. The number of primary amides is 1. The van der Waals surface area contributed by atoms with Crippen LogP contribution in [0.1, 0.15) is 165 Å². The molecule has 7 N–H and O–H groups in total. The van der Waals surface area contributed by atoms with E-state index in [0.29, 0.717) is 42.6 Å². The molecule has 14 heteroatoms. The Morgan fingerprint density at radius 2 is 1.44 bits per heavy atom. The molecule has 2 heterocycles. The van der Waals surface area contributed by atoms with Crippen molar-refractivity contribution in [3.63, 3.8) is 0 Å². The molecule has 2 aliphatic heterocycles. The average Bonchev–Trinajstić information content (AvgIpc) is 3.27. The Bertz CT molecular complexity index is 1840. The zero-order valence-corrected chi connectivity index (χ0v) is 40.0. The van der Waals surface area contributed by atoms with Crippen LogP contribution in [-0.4, -0.2) is 87.8 Å². The van der Waals surface area contributed by atoms with Gasteiger partial charge in [0, 0.05) is 68.8 Å². The maximum atomic E-state index is 13.6. The first-order valence-electron chi connectivity index (χ1n) is 24.8. The molecule has 2 fully saturated rings. The van der Waals surface area contributed by atoms with Crippen LogP contribution in [0.2, 0.25) is 0 Å². The molecule has 4 rings (SSSR count). The highest BCUT2D eigenvalue weighted by molar-refractivity contribution is 5.97. The maximum Gasteiger partial charge on any atom is 0.312 e. The normalized spacial score (nSPS) is 18.0. The number of nitrogens with one attached hydrogen (secondary N) is 3. The van der Waals surface area contributed by atoms with Gasteiger partial charge >= 0.3 is 12.0 Å². The number of benzene rings is 2. The van der Waals surface area contributed by atoms with Crippen LogP contribution in [0, 0.1) is 18.8 Å². The zero-order chi connectivity index (χ0) is 47.8. The smallest absolute Gasteiger partial charge is 0.312 e. The summed E-state index contributed by atoms with van der Waals surface area (Å²) in [5.41, 5.74) is 9.09. The second kappa shape index (κ2) is 29.2. The Morgan fingerprint density at radius 3 is 2.06 bits per heavy atom. The molecule has 2 bridgehead atoms. The van der Waals surface area contributed by atoms with Gasteiger partial charge in [0.1, 0.15) is 11.9 Å². The van der Waals surface area contributed by atoms with Crippen LogP contribution in [0.5, 0.6) is 0 Å². The molecule has 2 unspecified atom stereocenters. The Morgan fingerprint density at radius 1 is 0.788 bits per heavy atom.